The Hall–Kier alpha value is -2.58. The summed E-state index contributed by atoms with van der Waals surface area (Å²) in [5, 5.41) is 0. The number of benzene rings is 2. The number of sulfonamides is 1. The van der Waals surface area contributed by atoms with Crippen LogP contribution in [-0.4, -0.2) is 20.1 Å². The van der Waals surface area contributed by atoms with Gasteiger partial charge in [-0.2, -0.15) is 0 Å². The predicted molar refractivity (Wildman–Crippen MR) is 97.8 cm³/mol. The number of oxazole rings is 1. The Morgan fingerprint density at radius 1 is 1.19 bits per heavy atom. The number of methoxy groups -OCH3 is 1. The summed E-state index contributed by atoms with van der Waals surface area (Å²) in [5.74, 6) is 0.170. The van der Waals surface area contributed by atoms with E-state index in [1.165, 1.54) is 16.7 Å². The maximum absolute atomic E-state index is 12.8. The molecule has 26 heavy (non-hydrogen) atoms. The number of hydrogen-bond acceptors (Lipinski definition) is 5. The summed E-state index contributed by atoms with van der Waals surface area (Å²) in [4.78, 5) is 11.6. The number of ether oxygens (including phenoxy) is 1. The van der Waals surface area contributed by atoms with Crippen molar-refractivity contribution in [3.63, 3.8) is 0 Å². The average Bonchev–Trinajstić information content (AvgIpc) is 2.93. The van der Waals surface area contributed by atoms with Crippen molar-refractivity contribution in [3.05, 3.63) is 58.6 Å². The standard InChI is InChI=1S/C18H20N2O5S/c1-4-15(12-5-7-13(24-3)8-6-12)19-26(22,23)14-9-10-16-17(11-14)25-18(21)20(16)2/h5-11,15,19H,4H2,1-3H3. The van der Waals surface area contributed by atoms with Crippen molar-refractivity contribution in [2.75, 3.05) is 7.11 Å². The fourth-order valence-electron chi connectivity index (χ4n) is 2.76. The normalized spacial score (nSPS) is 13.0. The molecule has 1 unspecified atom stereocenters. The molecular formula is C18H20N2O5S. The van der Waals surface area contributed by atoms with Gasteiger partial charge in [0.2, 0.25) is 10.0 Å². The quantitative estimate of drug-likeness (QED) is 0.714. The van der Waals surface area contributed by atoms with E-state index in [0.29, 0.717) is 17.7 Å². The molecule has 0 aliphatic heterocycles. The monoisotopic (exact) mass is 376 g/mol. The van der Waals surface area contributed by atoms with E-state index in [9.17, 15) is 13.2 Å². The van der Waals surface area contributed by atoms with Crippen molar-refractivity contribution in [2.45, 2.75) is 24.3 Å². The third kappa shape index (κ3) is 3.38. The molecule has 1 aromatic heterocycles. The van der Waals surface area contributed by atoms with Crippen LogP contribution in [0.15, 0.2) is 56.6 Å². The molecule has 3 aromatic rings. The molecule has 3 rings (SSSR count). The van der Waals surface area contributed by atoms with Crippen LogP contribution in [0, 0.1) is 0 Å². The van der Waals surface area contributed by atoms with Crippen molar-refractivity contribution in [2.24, 2.45) is 7.05 Å². The Morgan fingerprint density at radius 2 is 1.88 bits per heavy atom. The van der Waals surface area contributed by atoms with E-state index < -0.39 is 15.8 Å². The molecule has 0 bridgehead atoms. The van der Waals surface area contributed by atoms with Crippen molar-refractivity contribution < 1.29 is 17.6 Å². The number of nitrogens with one attached hydrogen (secondary N) is 1. The van der Waals surface area contributed by atoms with E-state index in [-0.39, 0.29) is 16.5 Å². The van der Waals surface area contributed by atoms with Gasteiger partial charge in [0.15, 0.2) is 5.58 Å². The zero-order valence-electron chi connectivity index (χ0n) is 14.7. The van der Waals surface area contributed by atoms with E-state index in [1.807, 2.05) is 19.1 Å². The molecule has 0 spiro atoms. The summed E-state index contributed by atoms with van der Waals surface area (Å²) in [6.45, 7) is 1.90. The maximum Gasteiger partial charge on any atom is 0.419 e. The highest BCUT2D eigenvalue weighted by Gasteiger charge is 2.21. The first-order chi connectivity index (χ1) is 12.4. The first-order valence-corrected chi connectivity index (χ1v) is 9.60. The molecule has 138 valence electrons. The van der Waals surface area contributed by atoms with Gasteiger partial charge in [-0.15, -0.1) is 0 Å². The molecule has 1 heterocycles. The number of rotatable bonds is 6. The van der Waals surface area contributed by atoms with Crippen LogP contribution < -0.4 is 15.2 Å². The molecule has 7 nitrogen and oxygen atoms in total. The fraction of sp³-hybridized carbons (Fsp3) is 0.278. The summed E-state index contributed by atoms with van der Waals surface area (Å²) < 4.78 is 39.8. The number of aryl methyl sites for hydroxylation is 1. The van der Waals surface area contributed by atoms with Crippen LogP contribution in [0.4, 0.5) is 0 Å². The minimum Gasteiger partial charge on any atom is -0.497 e. The highest BCUT2D eigenvalue weighted by atomic mass is 32.2. The Kier molecular flexibility index (Phi) is 4.88. The highest BCUT2D eigenvalue weighted by Crippen LogP contribution is 2.24. The SMILES string of the molecule is CCC(NS(=O)(=O)c1ccc2c(c1)oc(=O)n2C)c1ccc(OC)cc1. The Bertz CT molecular complexity index is 1080. The minimum atomic E-state index is -3.78. The van der Waals surface area contributed by atoms with Gasteiger partial charge in [0.25, 0.3) is 0 Å². The molecule has 1 N–H and O–H groups in total. The zero-order valence-corrected chi connectivity index (χ0v) is 15.5. The lowest BCUT2D eigenvalue weighted by molar-refractivity contribution is 0.414. The third-order valence-corrected chi connectivity index (χ3v) is 5.77. The maximum atomic E-state index is 12.8. The minimum absolute atomic E-state index is 0.0475. The Balaban J connectivity index is 1.92. The summed E-state index contributed by atoms with van der Waals surface area (Å²) in [5.41, 5.74) is 1.61. The molecule has 0 amide bonds. The van der Waals surface area contributed by atoms with Gasteiger partial charge in [-0.25, -0.2) is 17.9 Å². The highest BCUT2D eigenvalue weighted by molar-refractivity contribution is 7.89. The summed E-state index contributed by atoms with van der Waals surface area (Å²) >= 11 is 0. The van der Waals surface area contributed by atoms with E-state index in [1.54, 1.807) is 32.4 Å². The van der Waals surface area contributed by atoms with Crippen LogP contribution in [0.2, 0.25) is 0 Å². The average molecular weight is 376 g/mol. The van der Waals surface area contributed by atoms with E-state index in [2.05, 4.69) is 4.72 Å². The lowest BCUT2D eigenvalue weighted by atomic mass is 10.1. The Morgan fingerprint density at radius 3 is 2.50 bits per heavy atom. The molecule has 0 fully saturated rings. The molecule has 8 heteroatoms. The molecule has 2 aromatic carbocycles. The van der Waals surface area contributed by atoms with Crippen molar-refractivity contribution in [1.29, 1.82) is 0 Å². The fourth-order valence-corrected chi connectivity index (χ4v) is 4.08. The Labute approximate surface area is 151 Å². The van der Waals surface area contributed by atoms with Crippen LogP contribution in [0.5, 0.6) is 5.75 Å². The van der Waals surface area contributed by atoms with Gasteiger partial charge >= 0.3 is 5.76 Å². The van der Waals surface area contributed by atoms with Gasteiger partial charge in [-0.05, 0) is 36.2 Å². The van der Waals surface area contributed by atoms with E-state index in [0.717, 1.165) is 5.56 Å². The molecule has 0 saturated heterocycles. The van der Waals surface area contributed by atoms with Crippen LogP contribution in [0.25, 0.3) is 11.1 Å². The largest absolute Gasteiger partial charge is 0.497 e. The summed E-state index contributed by atoms with van der Waals surface area (Å²) in [7, 11) is -0.640. The molecule has 1 atom stereocenters. The second kappa shape index (κ2) is 6.97. The first-order valence-electron chi connectivity index (χ1n) is 8.11. The molecule has 0 aliphatic carbocycles. The topological polar surface area (TPSA) is 90.5 Å². The third-order valence-electron chi connectivity index (χ3n) is 4.30. The van der Waals surface area contributed by atoms with Crippen LogP contribution in [0.1, 0.15) is 24.9 Å². The second-order valence-corrected chi connectivity index (χ2v) is 7.63. The smallest absolute Gasteiger partial charge is 0.419 e. The molecular weight excluding hydrogens is 356 g/mol. The van der Waals surface area contributed by atoms with Gasteiger partial charge in [0.05, 0.1) is 17.5 Å². The van der Waals surface area contributed by atoms with Crippen LogP contribution in [0.3, 0.4) is 0 Å². The van der Waals surface area contributed by atoms with Gasteiger partial charge in [0, 0.05) is 19.2 Å². The summed E-state index contributed by atoms with van der Waals surface area (Å²) in [6, 6.07) is 11.2. The van der Waals surface area contributed by atoms with Crippen molar-refractivity contribution in [1.82, 2.24) is 9.29 Å². The van der Waals surface area contributed by atoms with E-state index in [4.69, 9.17) is 9.15 Å². The summed E-state index contributed by atoms with van der Waals surface area (Å²) in [6.07, 6.45) is 0.578. The van der Waals surface area contributed by atoms with Gasteiger partial charge in [0.1, 0.15) is 5.75 Å². The number of nitrogens with zero attached hydrogens (tertiary/aromatic N) is 1. The second-order valence-electron chi connectivity index (χ2n) is 5.91. The van der Waals surface area contributed by atoms with Crippen molar-refractivity contribution >= 4 is 21.1 Å². The molecule has 0 radical (unpaired) electrons. The van der Waals surface area contributed by atoms with Gasteiger partial charge in [-0.3, -0.25) is 4.57 Å². The van der Waals surface area contributed by atoms with Crippen molar-refractivity contribution in [3.8, 4) is 5.75 Å². The number of fused-ring (bicyclic) bond motifs is 1. The number of hydrogen-bond donors (Lipinski definition) is 1. The molecule has 0 saturated carbocycles. The van der Waals surface area contributed by atoms with E-state index >= 15 is 0 Å². The molecule has 0 aliphatic rings. The lowest BCUT2D eigenvalue weighted by Crippen LogP contribution is -2.28. The lowest BCUT2D eigenvalue weighted by Gasteiger charge is -2.18. The zero-order chi connectivity index (χ0) is 18.9. The predicted octanol–water partition coefficient (Wildman–Crippen LogP) is 2.57. The van der Waals surface area contributed by atoms with Gasteiger partial charge in [-0.1, -0.05) is 19.1 Å². The van der Waals surface area contributed by atoms with Gasteiger partial charge < -0.3 is 9.15 Å². The first kappa shape index (κ1) is 18.2. The van der Waals surface area contributed by atoms with Crippen LogP contribution >= 0.6 is 0 Å². The van der Waals surface area contributed by atoms with Crippen LogP contribution in [-0.2, 0) is 17.1 Å². The number of aromatic nitrogens is 1.